The maximum Gasteiger partial charge on any atom is 0.315 e. The van der Waals surface area contributed by atoms with E-state index >= 15 is 0 Å². The minimum Gasteiger partial charge on any atom is -0.361 e. The van der Waals surface area contributed by atoms with Crippen molar-refractivity contribution in [3.63, 3.8) is 0 Å². The van der Waals surface area contributed by atoms with Gasteiger partial charge in [-0.05, 0) is 0 Å². The molecule has 1 aliphatic heterocycles. The maximum absolute atomic E-state index is 11.9. The van der Waals surface area contributed by atoms with Crippen molar-refractivity contribution in [3.8, 4) is 0 Å². The van der Waals surface area contributed by atoms with Crippen molar-refractivity contribution in [2.75, 3.05) is 26.3 Å². The van der Waals surface area contributed by atoms with Crippen molar-refractivity contribution in [1.29, 1.82) is 0 Å². The van der Waals surface area contributed by atoms with Crippen LogP contribution in [0.2, 0.25) is 0 Å². The Balaban J connectivity index is 2.65. The Morgan fingerprint density at radius 2 is 2.07 bits per heavy atom. The molecule has 80 valence electrons. The highest BCUT2D eigenvalue weighted by Crippen LogP contribution is 2.09. The van der Waals surface area contributed by atoms with E-state index in [1.54, 1.807) is 0 Å². The summed E-state index contributed by atoms with van der Waals surface area (Å²) in [5.74, 6) is -1.72. The van der Waals surface area contributed by atoms with Crippen LogP contribution in [0.15, 0.2) is 0 Å². The summed E-state index contributed by atoms with van der Waals surface area (Å²) < 4.78 is 11.9. The van der Waals surface area contributed by atoms with E-state index in [1.807, 2.05) is 0 Å². The fourth-order valence-corrected chi connectivity index (χ4v) is 1.39. The fourth-order valence-electron chi connectivity index (χ4n) is 1.21. The molecular weight excluding hydrogens is 215 g/mol. The second-order valence-electron chi connectivity index (χ2n) is 2.79. The number of amides is 2. The number of nitrogens with zero attached hydrogens (tertiary/aromatic N) is 2. The van der Waals surface area contributed by atoms with Gasteiger partial charge in [0, 0.05) is 19.6 Å². The number of aliphatic hydroxyl groups excluding tert-OH is 1. The topological polar surface area (TPSA) is 60.9 Å². The number of carbonyl (C=O) groups is 2. The van der Waals surface area contributed by atoms with Crippen molar-refractivity contribution in [2.45, 2.75) is 5.69 Å². The van der Waals surface area contributed by atoms with Crippen LogP contribution < -0.4 is 0 Å². The predicted molar refractivity (Wildman–Crippen MR) is 46.1 cm³/mol. The lowest BCUT2D eigenvalue weighted by molar-refractivity contribution is -0.160. The molecule has 1 N–H and O–H groups in total. The largest absolute Gasteiger partial charge is 0.361 e. The summed E-state index contributed by atoms with van der Waals surface area (Å²) in [5, 5.41) is 8.91. The van der Waals surface area contributed by atoms with Crippen LogP contribution in [0.1, 0.15) is 0 Å². The first-order chi connectivity index (χ1) is 6.57. The SMILES string of the molecule is O=C1C(=O)N(C(O)Cl)CCN1CCF. The van der Waals surface area contributed by atoms with E-state index in [-0.39, 0.29) is 19.6 Å². The third kappa shape index (κ3) is 2.13. The van der Waals surface area contributed by atoms with Gasteiger partial charge in [0.05, 0.1) is 0 Å². The van der Waals surface area contributed by atoms with Crippen molar-refractivity contribution in [3.05, 3.63) is 0 Å². The number of aliphatic hydroxyl groups is 1. The van der Waals surface area contributed by atoms with Crippen LogP contribution in [0.5, 0.6) is 0 Å². The van der Waals surface area contributed by atoms with E-state index in [1.165, 1.54) is 0 Å². The Morgan fingerprint density at radius 1 is 1.43 bits per heavy atom. The summed E-state index contributed by atoms with van der Waals surface area (Å²) in [5.41, 5.74) is -1.50. The van der Waals surface area contributed by atoms with Gasteiger partial charge in [-0.1, -0.05) is 11.6 Å². The predicted octanol–water partition coefficient (Wildman–Crippen LogP) is -0.859. The highest BCUT2D eigenvalue weighted by molar-refractivity contribution is 6.36. The summed E-state index contributed by atoms with van der Waals surface area (Å²) in [4.78, 5) is 24.4. The second kappa shape index (κ2) is 4.56. The number of carbonyl (C=O) groups excluding carboxylic acids is 2. The van der Waals surface area contributed by atoms with Crippen LogP contribution in [0.25, 0.3) is 0 Å². The monoisotopic (exact) mass is 224 g/mol. The molecule has 2 amide bonds. The Labute approximate surface area is 85.0 Å². The van der Waals surface area contributed by atoms with Crippen LogP contribution in [0, 0.1) is 0 Å². The lowest BCUT2D eigenvalue weighted by atomic mass is 10.3. The van der Waals surface area contributed by atoms with Crippen molar-refractivity contribution < 1.29 is 19.1 Å². The number of alkyl halides is 2. The lowest BCUT2D eigenvalue weighted by Gasteiger charge is -2.33. The van der Waals surface area contributed by atoms with Gasteiger partial charge in [-0.3, -0.25) is 14.5 Å². The van der Waals surface area contributed by atoms with Gasteiger partial charge in [-0.2, -0.15) is 0 Å². The van der Waals surface area contributed by atoms with Crippen LogP contribution in [0.3, 0.4) is 0 Å². The highest BCUT2D eigenvalue weighted by Gasteiger charge is 2.34. The van der Waals surface area contributed by atoms with E-state index in [0.29, 0.717) is 0 Å². The number of hydrogen-bond donors (Lipinski definition) is 1. The normalized spacial score (nSPS) is 20.2. The quantitative estimate of drug-likeness (QED) is 0.386. The molecule has 1 aliphatic rings. The standard InChI is InChI=1S/C7H10ClFN2O3/c8-7(14)11-4-3-10(2-1-9)5(12)6(11)13/h7,14H,1-4H2. The molecule has 5 nitrogen and oxygen atoms in total. The average Bonchev–Trinajstić information content (AvgIpc) is 2.13. The third-order valence-corrected chi connectivity index (χ3v) is 2.19. The zero-order valence-electron chi connectivity index (χ0n) is 7.32. The van der Waals surface area contributed by atoms with E-state index in [2.05, 4.69) is 0 Å². The Kier molecular flexibility index (Phi) is 3.65. The molecule has 1 unspecified atom stereocenters. The molecule has 1 atom stereocenters. The Hall–Kier alpha value is -0.880. The highest BCUT2D eigenvalue weighted by atomic mass is 35.5. The van der Waals surface area contributed by atoms with Crippen LogP contribution >= 0.6 is 11.6 Å². The molecule has 0 bridgehead atoms. The van der Waals surface area contributed by atoms with Crippen LogP contribution in [-0.4, -0.2) is 58.7 Å². The van der Waals surface area contributed by atoms with Crippen LogP contribution in [-0.2, 0) is 9.59 Å². The summed E-state index contributed by atoms with van der Waals surface area (Å²) in [6, 6.07) is 0. The number of halogens is 2. The minimum absolute atomic E-state index is 0.100. The van der Waals surface area contributed by atoms with E-state index in [0.717, 1.165) is 9.80 Å². The summed E-state index contributed by atoms with van der Waals surface area (Å²) in [7, 11) is 0. The molecule has 1 saturated heterocycles. The lowest BCUT2D eigenvalue weighted by Crippen LogP contribution is -2.56. The Morgan fingerprint density at radius 3 is 2.57 bits per heavy atom. The summed E-state index contributed by atoms with van der Waals surface area (Å²) in [6.45, 7) is -0.479. The summed E-state index contributed by atoms with van der Waals surface area (Å²) >= 11 is 5.26. The van der Waals surface area contributed by atoms with E-state index in [4.69, 9.17) is 16.7 Å². The molecule has 0 aromatic rings. The van der Waals surface area contributed by atoms with Gasteiger partial charge >= 0.3 is 11.8 Å². The van der Waals surface area contributed by atoms with Crippen LogP contribution in [0.4, 0.5) is 4.39 Å². The zero-order valence-corrected chi connectivity index (χ0v) is 8.08. The van der Waals surface area contributed by atoms with Crippen molar-refractivity contribution in [2.24, 2.45) is 0 Å². The number of rotatable bonds is 3. The fraction of sp³-hybridized carbons (Fsp3) is 0.714. The molecule has 0 spiro atoms. The summed E-state index contributed by atoms with van der Waals surface area (Å²) in [6.07, 6.45) is 0. The van der Waals surface area contributed by atoms with Gasteiger partial charge in [0.1, 0.15) is 6.67 Å². The molecule has 14 heavy (non-hydrogen) atoms. The molecule has 0 saturated carbocycles. The first kappa shape index (κ1) is 11.2. The molecule has 0 aromatic heterocycles. The van der Waals surface area contributed by atoms with Gasteiger partial charge in [-0.15, -0.1) is 0 Å². The van der Waals surface area contributed by atoms with Gasteiger partial charge in [0.2, 0.25) is 5.69 Å². The number of hydrogen-bond acceptors (Lipinski definition) is 3. The molecule has 1 rings (SSSR count). The average molecular weight is 225 g/mol. The number of piperazine rings is 1. The molecule has 0 aromatic carbocycles. The van der Waals surface area contributed by atoms with Gasteiger partial charge in [0.25, 0.3) is 0 Å². The molecule has 1 fully saturated rings. The van der Waals surface area contributed by atoms with Gasteiger partial charge in [-0.25, -0.2) is 4.39 Å². The second-order valence-corrected chi connectivity index (χ2v) is 3.18. The third-order valence-electron chi connectivity index (χ3n) is 1.95. The maximum atomic E-state index is 11.9. The molecule has 1 heterocycles. The first-order valence-corrected chi connectivity index (χ1v) is 4.49. The molecular formula is C7H10ClFN2O3. The van der Waals surface area contributed by atoms with E-state index in [9.17, 15) is 14.0 Å². The molecule has 7 heteroatoms. The zero-order chi connectivity index (χ0) is 10.7. The smallest absolute Gasteiger partial charge is 0.315 e. The molecule has 0 radical (unpaired) electrons. The van der Waals surface area contributed by atoms with Crippen molar-refractivity contribution >= 4 is 23.4 Å². The minimum atomic E-state index is -1.50. The van der Waals surface area contributed by atoms with E-state index < -0.39 is 24.2 Å². The van der Waals surface area contributed by atoms with Gasteiger partial charge in [0.15, 0.2) is 0 Å². The Bertz CT molecular complexity index is 249. The van der Waals surface area contributed by atoms with Gasteiger partial charge < -0.3 is 10.0 Å². The first-order valence-electron chi connectivity index (χ1n) is 4.06. The van der Waals surface area contributed by atoms with Crippen molar-refractivity contribution in [1.82, 2.24) is 9.80 Å². The molecule has 0 aliphatic carbocycles.